The van der Waals surface area contributed by atoms with Gasteiger partial charge in [-0.15, -0.1) is 0 Å². The van der Waals surface area contributed by atoms with Gasteiger partial charge in [-0.1, -0.05) is 28.9 Å². The summed E-state index contributed by atoms with van der Waals surface area (Å²) in [7, 11) is -2.90. The molecule has 10 heteroatoms. The quantitative estimate of drug-likeness (QED) is 0.575. The summed E-state index contributed by atoms with van der Waals surface area (Å²) in [4.78, 5) is 4.39. The van der Waals surface area contributed by atoms with Crippen molar-refractivity contribution in [2.45, 2.75) is 19.5 Å². The number of rotatable bonds is 4. The van der Waals surface area contributed by atoms with E-state index in [9.17, 15) is 18.6 Å². The third-order valence-electron chi connectivity index (χ3n) is 6.28. The average Bonchev–Trinajstić information content (AvgIpc) is 3.20. The molecule has 8 nitrogen and oxygen atoms in total. The van der Waals surface area contributed by atoms with Crippen LogP contribution in [0.5, 0.6) is 11.5 Å². The van der Waals surface area contributed by atoms with Gasteiger partial charge < -0.3 is 19.6 Å². The summed E-state index contributed by atoms with van der Waals surface area (Å²) in [6, 6.07) is 10.9. The Morgan fingerprint density at radius 3 is 2.48 bits per heavy atom. The molecule has 2 N–H and O–H groups in total. The Bertz CT molecular complexity index is 1280. The van der Waals surface area contributed by atoms with E-state index in [1.54, 1.807) is 0 Å². The van der Waals surface area contributed by atoms with E-state index < -0.39 is 9.84 Å². The number of halogens is 1. The van der Waals surface area contributed by atoms with Crippen molar-refractivity contribution in [3.8, 4) is 22.8 Å². The molecule has 0 unspecified atom stereocenters. The van der Waals surface area contributed by atoms with Gasteiger partial charge in [0.1, 0.15) is 11.5 Å². The number of nitrogens with zero attached hydrogens (tertiary/aromatic N) is 3. The first-order chi connectivity index (χ1) is 15.8. The zero-order valence-electron chi connectivity index (χ0n) is 17.9. The fraction of sp³-hybridized carbons (Fsp3) is 0.348. The minimum atomic E-state index is -2.90. The molecule has 0 atom stereocenters. The van der Waals surface area contributed by atoms with Crippen molar-refractivity contribution in [3.05, 3.63) is 58.2 Å². The Morgan fingerprint density at radius 2 is 1.76 bits per heavy atom. The van der Waals surface area contributed by atoms with Crippen LogP contribution in [0.3, 0.4) is 0 Å². The lowest BCUT2D eigenvalue weighted by Crippen LogP contribution is -2.40. The van der Waals surface area contributed by atoms with E-state index in [0.29, 0.717) is 31.0 Å². The van der Waals surface area contributed by atoms with Crippen LogP contribution < -0.4 is 4.90 Å². The number of hydrogen-bond acceptors (Lipinski definition) is 8. The first-order valence-corrected chi connectivity index (χ1v) is 12.9. The van der Waals surface area contributed by atoms with E-state index in [2.05, 4.69) is 27.1 Å². The summed E-state index contributed by atoms with van der Waals surface area (Å²) in [5, 5.41) is 24.3. The van der Waals surface area contributed by atoms with Gasteiger partial charge in [0.15, 0.2) is 15.6 Å². The molecule has 1 fully saturated rings. The Balaban J connectivity index is 1.29. The maximum Gasteiger partial charge on any atom is 0.175 e. The largest absolute Gasteiger partial charge is 0.507 e. The molecule has 1 aromatic heterocycles. The summed E-state index contributed by atoms with van der Waals surface area (Å²) in [5.41, 5.74) is 4.36. The fourth-order valence-corrected chi connectivity index (χ4v) is 5.75. The molecule has 0 spiro atoms. The van der Waals surface area contributed by atoms with E-state index in [4.69, 9.17) is 16.1 Å². The summed E-state index contributed by atoms with van der Waals surface area (Å²) < 4.78 is 28.9. The first kappa shape index (κ1) is 22.1. The Kier molecular flexibility index (Phi) is 5.72. The predicted molar refractivity (Wildman–Crippen MR) is 125 cm³/mol. The van der Waals surface area contributed by atoms with Crippen molar-refractivity contribution >= 4 is 27.1 Å². The molecule has 0 saturated carbocycles. The lowest BCUT2D eigenvalue weighted by Gasteiger charge is -2.29. The SMILES string of the molecule is O=S1(=O)CCN(c2ccc(CN3CCc4noc(-c5cc(Cl)c(O)cc5O)c4C3)cc2)CC1. The van der Waals surface area contributed by atoms with Gasteiger partial charge in [-0.3, -0.25) is 4.90 Å². The number of hydrogen-bond donors (Lipinski definition) is 2. The summed E-state index contributed by atoms with van der Waals surface area (Å²) in [6.45, 7) is 3.23. The van der Waals surface area contributed by atoms with Crippen molar-refractivity contribution < 1.29 is 23.2 Å². The van der Waals surface area contributed by atoms with Gasteiger partial charge in [-0.25, -0.2) is 8.42 Å². The van der Waals surface area contributed by atoms with Gasteiger partial charge in [0.05, 0.1) is 27.8 Å². The molecule has 33 heavy (non-hydrogen) atoms. The van der Waals surface area contributed by atoms with E-state index in [1.807, 2.05) is 12.1 Å². The van der Waals surface area contributed by atoms with Gasteiger partial charge in [0, 0.05) is 56.5 Å². The Labute approximate surface area is 196 Å². The minimum Gasteiger partial charge on any atom is -0.507 e. The van der Waals surface area contributed by atoms with Gasteiger partial charge in [0.25, 0.3) is 0 Å². The standard InChI is InChI=1S/C23H24ClN3O5S/c24-19-11-17(21(28)12-22(19)29)23-18-14-26(6-5-20(18)25-32-23)13-15-1-3-16(4-2-15)27-7-9-33(30,31)10-8-27/h1-4,11-12,28-29H,5-10,13-14H2. The number of aromatic hydroxyl groups is 2. The van der Waals surface area contributed by atoms with Gasteiger partial charge in [0.2, 0.25) is 0 Å². The number of sulfone groups is 1. The summed E-state index contributed by atoms with van der Waals surface area (Å²) in [5.74, 6) is 0.558. The summed E-state index contributed by atoms with van der Waals surface area (Å²) in [6.07, 6.45) is 0.728. The lowest BCUT2D eigenvalue weighted by atomic mass is 10.0. The highest BCUT2D eigenvalue weighted by molar-refractivity contribution is 7.91. The molecule has 3 aromatic rings. The van der Waals surface area contributed by atoms with E-state index in [1.165, 1.54) is 12.1 Å². The second-order valence-electron chi connectivity index (χ2n) is 8.52. The molecule has 0 amide bonds. The number of benzene rings is 2. The number of anilines is 1. The Morgan fingerprint density at radius 1 is 1.03 bits per heavy atom. The molecule has 5 rings (SSSR count). The third-order valence-corrected chi connectivity index (χ3v) is 8.19. The first-order valence-electron chi connectivity index (χ1n) is 10.7. The van der Waals surface area contributed by atoms with Crippen LogP contribution in [0.25, 0.3) is 11.3 Å². The minimum absolute atomic E-state index is 0.117. The zero-order chi connectivity index (χ0) is 23.2. The van der Waals surface area contributed by atoms with Crippen LogP contribution in [-0.2, 0) is 29.3 Å². The molecule has 3 heterocycles. The smallest absolute Gasteiger partial charge is 0.175 e. The molecular formula is C23H24ClN3O5S. The predicted octanol–water partition coefficient (Wildman–Crippen LogP) is 3.20. The fourth-order valence-electron chi connectivity index (χ4n) is 4.39. The second-order valence-corrected chi connectivity index (χ2v) is 11.2. The maximum atomic E-state index is 11.7. The van der Waals surface area contributed by atoms with Gasteiger partial charge in [-0.2, -0.15) is 0 Å². The van der Waals surface area contributed by atoms with E-state index in [0.717, 1.165) is 42.0 Å². The lowest BCUT2D eigenvalue weighted by molar-refractivity contribution is 0.245. The number of fused-ring (bicyclic) bond motifs is 1. The maximum absolute atomic E-state index is 11.7. The van der Waals surface area contributed by atoms with Crippen LogP contribution in [0.2, 0.25) is 5.02 Å². The number of phenols is 2. The molecule has 174 valence electrons. The van der Waals surface area contributed by atoms with Crippen LogP contribution in [0, 0.1) is 0 Å². The number of phenolic OH excluding ortho intramolecular Hbond substituents is 2. The summed E-state index contributed by atoms with van der Waals surface area (Å²) >= 11 is 6.04. The van der Waals surface area contributed by atoms with Crippen LogP contribution in [0.15, 0.2) is 40.9 Å². The van der Waals surface area contributed by atoms with Crippen LogP contribution in [-0.4, -0.2) is 59.8 Å². The molecular weight excluding hydrogens is 466 g/mol. The van der Waals surface area contributed by atoms with E-state index >= 15 is 0 Å². The highest BCUT2D eigenvalue weighted by atomic mass is 35.5. The molecule has 0 radical (unpaired) electrons. The number of aromatic nitrogens is 1. The molecule has 1 saturated heterocycles. The Hall–Kier alpha value is -2.75. The van der Waals surface area contributed by atoms with Crippen molar-refractivity contribution in [2.75, 3.05) is 36.0 Å². The van der Waals surface area contributed by atoms with Crippen LogP contribution in [0.4, 0.5) is 5.69 Å². The highest BCUT2D eigenvalue weighted by Crippen LogP contribution is 2.40. The molecule has 2 aliphatic rings. The zero-order valence-corrected chi connectivity index (χ0v) is 19.4. The monoisotopic (exact) mass is 489 g/mol. The van der Waals surface area contributed by atoms with Crippen LogP contribution in [0.1, 0.15) is 16.8 Å². The third kappa shape index (κ3) is 4.53. The van der Waals surface area contributed by atoms with Crippen molar-refractivity contribution in [3.63, 3.8) is 0 Å². The van der Waals surface area contributed by atoms with Crippen LogP contribution >= 0.6 is 11.6 Å². The molecule has 0 aliphatic carbocycles. The van der Waals surface area contributed by atoms with Crippen molar-refractivity contribution in [1.29, 1.82) is 0 Å². The average molecular weight is 490 g/mol. The van der Waals surface area contributed by atoms with Crippen molar-refractivity contribution in [2.24, 2.45) is 0 Å². The normalized spacial score (nSPS) is 18.3. The molecule has 2 aromatic carbocycles. The molecule has 2 aliphatic heterocycles. The second kappa shape index (κ2) is 8.55. The topological polar surface area (TPSA) is 107 Å². The van der Waals surface area contributed by atoms with Gasteiger partial charge in [-0.05, 0) is 23.8 Å². The highest BCUT2D eigenvalue weighted by Gasteiger charge is 2.27. The molecule has 0 bridgehead atoms. The van der Waals surface area contributed by atoms with E-state index in [-0.39, 0.29) is 28.0 Å². The van der Waals surface area contributed by atoms with Gasteiger partial charge >= 0.3 is 0 Å². The van der Waals surface area contributed by atoms with Crippen molar-refractivity contribution in [1.82, 2.24) is 10.1 Å².